The number of carbonyl (C=O) groups is 1. The lowest BCUT2D eigenvalue weighted by molar-refractivity contribution is -0.143. The number of allylic oxidation sites excluding steroid dienone is 4. The Hall–Kier alpha value is -2.99. The van der Waals surface area contributed by atoms with E-state index in [2.05, 4.69) is 4.74 Å². The minimum atomic E-state index is -4.93. The van der Waals surface area contributed by atoms with Gasteiger partial charge in [0.25, 0.3) is 0 Å². The van der Waals surface area contributed by atoms with E-state index in [1.54, 1.807) is 24.3 Å². The zero-order valence-corrected chi connectivity index (χ0v) is 17.0. The topological polar surface area (TPSA) is 61.8 Å². The second-order valence-electron chi connectivity index (χ2n) is 7.98. The van der Waals surface area contributed by atoms with Gasteiger partial charge in [-0.3, -0.25) is 0 Å². The number of rotatable bonds is 3. The van der Waals surface area contributed by atoms with E-state index in [0.29, 0.717) is 17.7 Å². The van der Waals surface area contributed by atoms with Crippen LogP contribution < -0.4 is 4.74 Å². The first-order valence-electron chi connectivity index (χ1n) is 9.21. The van der Waals surface area contributed by atoms with Crippen LogP contribution >= 0.6 is 0 Å². The summed E-state index contributed by atoms with van der Waals surface area (Å²) in [6.07, 6.45) is -4.46. The van der Waals surface area contributed by atoms with Crippen molar-refractivity contribution in [1.29, 1.82) is 0 Å². The summed E-state index contributed by atoms with van der Waals surface area (Å²) in [6.45, 7) is 3.65. The molecule has 1 aliphatic heterocycles. The van der Waals surface area contributed by atoms with Gasteiger partial charge in [0.2, 0.25) is 5.76 Å². The van der Waals surface area contributed by atoms with E-state index in [1.165, 1.54) is 7.11 Å². The van der Waals surface area contributed by atoms with Crippen LogP contribution in [0.5, 0.6) is 5.75 Å². The fourth-order valence-electron chi connectivity index (χ4n) is 3.97. The lowest BCUT2D eigenvalue weighted by Gasteiger charge is -2.40. The van der Waals surface area contributed by atoms with Crippen LogP contribution in [-0.4, -0.2) is 32.3 Å². The first-order valence-corrected chi connectivity index (χ1v) is 9.21. The number of hydrogen-bond donors (Lipinski definition) is 0. The highest BCUT2D eigenvalue weighted by Gasteiger charge is 2.51. The average molecular weight is 422 g/mol. The third-order valence-corrected chi connectivity index (χ3v) is 5.20. The molecule has 1 aromatic rings. The molecular weight excluding hydrogens is 401 g/mol. The summed E-state index contributed by atoms with van der Waals surface area (Å²) >= 11 is 0. The zero-order valence-electron chi connectivity index (χ0n) is 17.0. The number of benzene rings is 1. The average Bonchev–Trinajstić information content (AvgIpc) is 2.69. The first kappa shape index (κ1) is 21.7. The molecule has 160 valence electrons. The van der Waals surface area contributed by atoms with Crippen molar-refractivity contribution >= 4 is 11.9 Å². The van der Waals surface area contributed by atoms with Crippen LogP contribution in [0.1, 0.15) is 38.2 Å². The molecule has 0 amide bonds. The Balaban J connectivity index is 2.33. The Labute approximate surface area is 171 Å². The molecule has 3 rings (SSSR count). The van der Waals surface area contributed by atoms with Gasteiger partial charge in [-0.2, -0.15) is 13.2 Å². The minimum absolute atomic E-state index is 0.0189. The summed E-state index contributed by atoms with van der Waals surface area (Å²) in [5.41, 5.74) is -0.398. The van der Waals surface area contributed by atoms with E-state index < -0.39 is 34.8 Å². The molecule has 0 radical (unpaired) electrons. The number of halogens is 3. The maximum atomic E-state index is 13.9. The Kier molecular flexibility index (Phi) is 5.56. The monoisotopic (exact) mass is 422 g/mol. The van der Waals surface area contributed by atoms with Gasteiger partial charge < -0.3 is 14.2 Å². The van der Waals surface area contributed by atoms with Gasteiger partial charge in [-0.15, -0.1) is 0 Å². The van der Waals surface area contributed by atoms with Crippen LogP contribution in [0.4, 0.5) is 13.2 Å². The fourth-order valence-corrected chi connectivity index (χ4v) is 3.97. The van der Waals surface area contributed by atoms with E-state index in [-0.39, 0.29) is 23.3 Å². The molecule has 1 atom stereocenters. The van der Waals surface area contributed by atoms with Crippen molar-refractivity contribution in [2.24, 2.45) is 5.41 Å². The van der Waals surface area contributed by atoms with Gasteiger partial charge >= 0.3 is 12.1 Å². The molecule has 2 aliphatic rings. The van der Waals surface area contributed by atoms with Crippen LogP contribution in [0.2, 0.25) is 0 Å². The summed E-state index contributed by atoms with van der Waals surface area (Å²) in [6, 6.07) is 6.26. The van der Waals surface area contributed by atoms with Crippen LogP contribution in [0.15, 0.2) is 52.5 Å². The van der Waals surface area contributed by atoms with E-state index in [1.807, 2.05) is 19.8 Å². The number of hydrogen-bond acceptors (Lipinski definition) is 5. The standard InChI is InChI=1S/C22H21F3O5/c1-21(2)9-13(11-26)16-15(10-21)30-19(22(23,24)25)18(20(27)29-4)17(16)12-5-7-14(28-3)8-6-12/h5-8,17H,9-10H2,1-4H3. The van der Waals surface area contributed by atoms with Crippen LogP contribution in [0.3, 0.4) is 0 Å². The first-order chi connectivity index (χ1) is 14.0. The maximum Gasteiger partial charge on any atom is 0.450 e. The van der Waals surface area contributed by atoms with Crippen molar-refractivity contribution in [2.75, 3.05) is 14.2 Å². The predicted octanol–water partition coefficient (Wildman–Crippen LogP) is 4.63. The van der Waals surface area contributed by atoms with Gasteiger partial charge in [0, 0.05) is 23.5 Å². The Morgan fingerprint density at radius 2 is 1.80 bits per heavy atom. The van der Waals surface area contributed by atoms with Crippen molar-refractivity contribution < 1.29 is 37.0 Å². The molecule has 1 heterocycles. The highest BCUT2D eigenvalue weighted by molar-refractivity contribution is 5.93. The summed E-state index contributed by atoms with van der Waals surface area (Å²) in [5, 5.41) is 0. The summed E-state index contributed by atoms with van der Waals surface area (Å²) in [7, 11) is 2.46. The number of alkyl halides is 3. The molecule has 1 aliphatic carbocycles. The van der Waals surface area contributed by atoms with Crippen molar-refractivity contribution in [3.05, 3.63) is 58.1 Å². The molecule has 30 heavy (non-hydrogen) atoms. The molecule has 0 bridgehead atoms. The highest BCUT2D eigenvalue weighted by Crippen LogP contribution is 2.54. The minimum Gasteiger partial charge on any atom is -0.497 e. The van der Waals surface area contributed by atoms with E-state index in [4.69, 9.17) is 9.47 Å². The third-order valence-electron chi connectivity index (χ3n) is 5.20. The van der Waals surface area contributed by atoms with Crippen molar-refractivity contribution in [3.63, 3.8) is 0 Å². The van der Waals surface area contributed by atoms with E-state index >= 15 is 0 Å². The van der Waals surface area contributed by atoms with Crippen LogP contribution in [-0.2, 0) is 19.1 Å². The zero-order chi connectivity index (χ0) is 22.3. The van der Waals surface area contributed by atoms with Crippen molar-refractivity contribution in [1.82, 2.24) is 0 Å². The lowest BCUT2D eigenvalue weighted by Crippen LogP contribution is -2.34. The summed E-state index contributed by atoms with van der Waals surface area (Å²) in [5.74, 6) is -1.40. The van der Waals surface area contributed by atoms with Gasteiger partial charge in [-0.05, 0) is 29.5 Å². The third kappa shape index (κ3) is 3.87. The second-order valence-corrected chi connectivity index (χ2v) is 7.98. The fraction of sp³-hybridized carbons (Fsp3) is 0.409. The van der Waals surface area contributed by atoms with Crippen LogP contribution in [0, 0.1) is 5.41 Å². The molecule has 0 spiro atoms. The number of ether oxygens (including phenoxy) is 3. The van der Waals surface area contributed by atoms with Gasteiger partial charge in [0.15, 0.2) is 0 Å². The summed E-state index contributed by atoms with van der Waals surface area (Å²) in [4.78, 5) is 24.3. The van der Waals surface area contributed by atoms with Gasteiger partial charge in [-0.25, -0.2) is 9.59 Å². The second kappa shape index (κ2) is 7.69. The number of esters is 1. The summed E-state index contributed by atoms with van der Waals surface area (Å²) < 4.78 is 56.8. The molecule has 0 fully saturated rings. The maximum absolute atomic E-state index is 13.9. The largest absolute Gasteiger partial charge is 0.497 e. The molecular formula is C22H21F3O5. The molecule has 8 heteroatoms. The van der Waals surface area contributed by atoms with Gasteiger partial charge in [0.05, 0.1) is 19.8 Å². The van der Waals surface area contributed by atoms with E-state index in [9.17, 15) is 22.8 Å². The Morgan fingerprint density at radius 3 is 2.30 bits per heavy atom. The molecule has 1 unspecified atom stereocenters. The van der Waals surface area contributed by atoms with Gasteiger partial charge in [0.1, 0.15) is 17.5 Å². The molecule has 0 saturated carbocycles. The number of methoxy groups -OCH3 is 2. The Morgan fingerprint density at radius 1 is 1.17 bits per heavy atom. The smallest absolute Gasteiger partial charge is 0.450 e. The van der Waals surface area contributed by atoms with Gasteiger partial charge in [-0.1, -0.05) is 26.0 Å². The molecule has 0 N–H and O–H groups in total. The lowest BCUT2D eigenvalue weighted by atomic mass is 9.68. The Bertz CT molecular complexity index is 977. The quantitative estimate of drug-likeness (QED) is 0.525. The molecule has 0 aromatic heterocycles. The molecule has 0 saturated heterocycles. The van der Waals surface area contributed by atoms with Crippen molar-refractivity contribution in [3.8, 4) is 5.75 Å². The molecule has 1 aromatic carbocycles. The van der Waals surface area contributed by atoms with E-state index in [0.717, 1.165) is 7.11 Å². The van der Waals surface area contributed by atoms with Crippen LogP contribution in [0.25, 0.3) is 0 Å². The number of carbonyl (C=O) groups excluding carboxylic acids is 2. The normalized spacial score (nSPS) is 20.9. The molecule has 5 nitrogen and oxygen atoms in total. The predicted molar refractivity (Wildman–Crippen MR) is 101 cm³/mol. The SMILES string of the molecule is COC(=O)C1=C(C(F)(F)F)OC2=C(C(=C=O)CC(C)(C)C2)C1c1ccc(OC)cc1. The highest BCUT2D eigenvalue weighted by atomic mass is 19.4. The van der Waals surface area contributed by atoms with Crippen molar-refractivity contribution in [2.45, 2.75) is 38.8 Å².